The second-order valence-corrected chi connectivity index (χ2v) is 6.06. The molecule has 0 atom stereocenters. The van der Waals surface area contributed by atoms with Gasteiger partial charge in [0.15, 0.2) is 9.84 Å². The second kappa shape index (κ2) is 5.32. The molecule has 0 bridgehead atoms. The largest absolute Gasteiger partial charge is 0.370 e. The van der Waals surface area contributed by atoms with E-state index in [0.717, 1.165) is 0 Å². The highest BCUT2D eigenvalue weighted by molar-refractivity contribution is 7.90. The first kappa shape index (κ1) is 13.0. The number of amides is 1. The summed E-state index contributed by atoms with van der Waals surface area (Å²) < 4.78 is 23.1. The van der Waals surface area contributed by atoms with Crippen LogP contribution in [0.5, 0.6) is 0 Å². The predicted molar refractivity (Wildman–Crippen MR) is 62.8 cm³/mol. The van der Waals surface area contributed by atoms with E-state index in [-0.39, 0.29) is 17.9 Å². The van der Waals surface area contributed by atoms with Gasteiger partial charge in [0, 0.05) is 11.4 Å². The van der Waals surface area contributed by atoms with Crippen LogP contribution < -0.4 is 5.73 Å². The summed E-state index contributed by atoms with van der Waals surface area (Å²) in [6, 6.07) is 6.61. The summed E-state index contributed by atoms with van der Waals surface area (Å²) >= 11 is 5.73. The number of sulfone groups is 1. The van der Waals surface area contributed by atoms with E-state index >= 15 is 0 Å². The molecule has 0 spiro atoms. The second-order valence-electron chi connectivity index (χ2n) is 3.44. The number of carbonyl (C=O) groups excluding carboxylic acids is 1. The highest BCUT2D eigenvalue weighted by Crippen LogP contribution is 2.13. The van der Waals surface area contributed by atoms with Crippen molar-refractivity contribution < 1.29 is 13.2 Å². The van der Waals surface area contributed by atoms with Gasteiger partial charge in [-0.1, -0.05) is 23.7 Å². The Hall–Kier alpha value is -1.07. The standard InChI is InChI=1S/C10H12ClNO3S/c11-9-3-1-2-8(6-9)7-16(14,15)5-4-10(12)13/h1-3,6H,4-5,7H2,(H2,12,13). The zero-order valence-electron chi connectivity index (χ0n) is 8.52. The van der Waals surface area contributed by atoms with Crippen LogP contribution in [0.2, 0.25) is 5.02 Å². The van der Waals surface area contributed by atoms with Crippen LogP contribution in [0.3, 0.4) is 0 Å². The maximum absolute atomic E-state index is 11.6. The molecule has 4 nitrogen and oxygen atoms in total. The van der Waals surface area contributed by atoms with Crippen molar-refractivity contribution in [2.75, 3.05) is 5.75 Å². The van der Waals surface area contributed by atoms with Crippen LogP contribution in [0.1, 0.15) is 12.0 Å². The van der Waals surface area contributed by atoms with Crippen molar-refractivity contribution in [3.63, 3.8) is 0 Å². The van der Waals surface area contributed by atoms with Crippen LogP contribution >= 0.6 is 11.6 Å². The van der Waals surface area contributed by atoms with Crippen molar-refractivity contribution in [3.8, 4) is 0 Å². The zero-order valence-corrected chi connectivity index (χ0v) is 10.1. The molecule has 0 unspecified atom stereocenters. The lowest BCUT2D eigenvalue weighted by molar-refractivity contribution is -0.117. The molecule has 6 heteroatoms. The Balaban J connectivity index is 2.69. The van der Waals surface area contributed by atoms with Gasteiger partial charge in [0.25, 0.3) is 0 Å². The first-order valence-electron chi connectivity index (χ1n) is 4.62. The quantitative estimate of drug-likeness (QED) is 0.863. The van der Waals surface area contributed by atoms with E-state index < -0.39 is 15.7 Å². The lowest BCUT2D eigenvalue weighted by atomic mass is 10.2. The molecule has 0 saturated heterocycles. The molecule has 1 aromatic carbocycles. The molecule has 0 aromatic heterocycles. The van der Waals surface area contributed by atoms with E-state index in [4.69, 9.17) is 17.3 Å². The van der Waals surface area contributed by atoms with Gasteiger partial charge in [-0.2, -0.15) is 0 Å². The lowest BCUT2D eigenvalue weighted by Gasteiger charge is -2.03. The smallest absolute Gasteiger partial charge is 0.218 e. The third-order valence-electron chi connectivity index (χ3n) is 1.94. The van der Waals surface area contributed by atoms with E-state index in [1.165, 1.54) is 0 Å². The highest BCUT2D eigenvalue weighted by atomic mass is 35.5. The van der Waals surface area contributed by atoms with E-state index in [2.05, 4.69) is 0 Å². The van der Waals surface area contributed by atoms with Crippen molar-refractivity contribution in [3.05, 3.63) is 34.9 Å². The zero-order chi connectivity index (χ0) is 12.2. The Kier molecular flexibility index (Phi) is 4.32. The van der Waals surface area contributed by atoms with Crippen LogP contribution in [-0.4, -0.2) is 20.1 Å². The van der Waals surface area contributed by atoms with E-state index in [0.29, 0.717) is 10.6 Å². The van der Waals surface area contributed by atoms with Gasteiger partial charge in [0.2, 0.25) is 5.91 Å². The fraction of sp³-hybridized carbons (Fsp3) is 0.300. The van der Waals surface area contributed by atoms with E-state index in [1.54, 1.807) is 24.3 Å². The van der Waals surface area contributed by atoms with Crippen LogP contribution in [0, 0.1) is 0 Å². The van der Waals surface area contributed by atoms with Crippen LogP contribution in [0.25, 0.3) is 0 Å². The number of nitrogens with two attached hydrogens (primary N) is 1. The Morgan fingerprint density at radius 1 is 1.38 bits per heavy atom. The molecule has 0 heterocycles. The average Bonchev–Trinajstić information content (AvgIpc) is 2.14. The maximum Gasteiger partial charge on any atom is 0.218 e. The molecule has 0 saturated carbocycles. The fourth-order valence-corrected chi connectivity index (χ4v) is 2.77. The van der Waals surface area contributed by atoms with Gasteiger partial charge in [-0.15, -0.1) is 0 Å². The lowest BCUT2D eigenvalue weighted by Crippen LogP contribution is -2.18. The normalized spacial score (nSPS) is 11.3. The van der Waals surface area contributed by atoms with E-state index in [9.17, 15) is 13.2 Å². The Bertz CT molecular complexity index is 485. The summed E-state index contributed by atoms with van der Waals surface area (Å²) in [4.78, 5) is 10.5. The molecule has 0 radical (unpaired) electrons. The summed E-state index contributed by atoms with van der Waals surface area (Å²) in [6.45, 7) is 0. The number of hydrogen-bond acceptors (Lipinski definition) is 3. The number of rotatable bonds is 5. The summed E-state index contributed by atoms with van der Waals surface area (Å²) in [5, 5.41) is 0.489. The molecule has 0 aliphatic rings. The Morgan fingerprint density at radius 2 is 2.06 bits per heavy atom. The topological polar surface area (TPSA) is 77.2 Å². The van der Waals surface area contributed by atoms with Crippen molar-refractivity contribution in [1.82, 2.24) is 0 Å². The summed E-state index contributed by atoms with van der Waals surface area (Å²) in [5.41, 5.74) is 5.50. The molecule has 1 aromatic rings. The SMILES string of the molecule is NC(=O)CCS(=O)(=O)Cc1cccc(Cl)c1. The van der Waals surface area contributed by atoms with Gasteiger partial charge < -0.3 is 5.73 Å². The number of hydrogen-bond donors (Lipinski definition) is 1. The first-order chi connectivity index (χ1) is 7.39. The molecule has 2 N–H and O–H groups in total. The average molecular weight is 262 g/mol. The van der Waals surface area contributed by atoms with Gasteiger partial charge >= 0.3 is 0 Å². The predicted octanol–water partition coefficient (Wildman–Crippen LogP) is 1.13. The summed E-state index contributed by atoms with van der Waals surface area (Å²) in [5.74, 6) is -0.968. The Morgan fingerprint density at radius 3 is 2.62 bits per heavy atom. The molecule has 1 amide bonds. The highest BCUT2D eigenvalue weighted by Gasteiger charge is 2.13. The summed E-state index contributed by atoms with van der Waals surface area (Å²) in [6.07, 6.45) is -0.150. The maximum atomic E-state index is 11.6. The number of benzene rings is 1. The summed E-state index contributed by atoms with van der Waals surface area (Å²) in [7, 11) is -3.31. The molecular weight excluding hydrogens is 250 g/mol. The molecule has 88 valence electrons. The molecule has 16 heavy (non-hydrogen) atoms. The van der Waals surface area contributed by atoms with Crippen molar-refractivity contribution >= 4 is 27.3 Å². The van der Waals surface area contributed by atoms with Crippen LogP contribution in [0.15, 0.2) is 24.3 Å². The fourth-order valence-electron chi connectivity index (χ4n) is 1.21. The number of halogens is 1. The third kappa shape index (κ3) is 4.63. The molecule has 1 rings (SSSR count). The monoisotopic (exact) mass is 261 g/mol. The minimum absolute atomic E-state index is 0.124. The van der Waals surface area contributed by atoms with Gasteiger partial charge in [0.1, 0.15) is 0 Å². The molecular formula is C10H12ClNO3S. The van der Waals surface area contributed by atoms with Crippen LogP contribution in [-0.2, 0) is 20.4 Å². The molecule has 0 aliphatic heterocycles. The van der Waals surface area contributed by atoms with E-state index in [1.807, 2.05) is 0 Å². The number of carbonyl (C=O) groups is 1. The third-order valence-corrected chi connectivity index (χ3v) is 3.77. The van der Waals surface area contributed by atoms with Crippen LogP contribution in [0.4, 0.5) is 0 Å². The minimum atomic E-state index is -3.31. The first-order valence-corrected chi connectivity index (χ1v) is 6.82. The van der Waals surface area contributed by atoms with Crippen molar-refractivity contribution in [1.29, 1.82) is 0 Å². The van der Waals surface area contributed by atoms with Crippen molar-refractivity contribution in [2.24, 2.45) is 5.73 Å². The van der Waals surface area contributed by atoms with Gasteiger partial charge in [-0.05, 0) is 17.7 Å². The Labute approximate surface area is 99.3 Å². The minimum Gasteiger partial charge on any atom is -0.370 e. The van der Waals surface area contributed by atoms with Gasteiger partial charge in [-0.3, -0.25) is 4.79 Å². The molecule has 0 aliphatic carbocycles. The van der Waals surface area contributed by atoms with Crippen molar-refractivity contribution in [2.45, 2.75) is 12.2 Å². The van der Waals surface area contributed by atoms with Gasteiger partial charge in [-0.25, -0.2) is 8.42 Å². The van der Waals surface area contributed by atoms with Gasteiger partial charge in [0.05, 0.1) is 11.5 Å². The number of primary amides is 1. The molecule has 0 fully saturated rings.